The molecule has 2 amide bonds. The lowest BCUT2D eigenvalue weighted by Crippen LogP contribution is -2.58. The van der Waals surface area contributed by atoms with Crippen LogP contribution in [0.5, 0.6) is 0 Å². The summed E-state index contributed by atoms with van der Waals surface area (Å²) in [7, 11) is 0. The van der Waals surface area contributed by atoms with E-state index in [2.05, 4.69) is 29.1 Å². The van der Waals surface area contributed by atoms with Gasteiger partial charge in [0.2, 0.25) is 5.91 Å². The van der Waals surface area contributed by atoms with Crippen LogP contribution in [0.1, 0.15) is 32.6 Å². The summed E-state index contributed by atoms with van der Waals surface area (Å²) in [6, 6.07) is 12.0. The van der Waals surface area contributed by atoms with E-state index in [1.807, 2.05) is 48.5 Å². The van der Waals surface area contributed by atoms with Crippen molar-refractivity contribution in [2.45, 2.75) is 61.2 Å². The molecule has 2 aromatic carbocycles. The van der Waals surface area contributed by atoms with Gasteiger partial charge >= 0.3 is 5.97 Å². The fourth-order valence-electron chi connectivity index (χ4n) is 6.78. The van der Waals surface area contributed by atoms with Crippen molar-refractivity contribution in [2.24, 2.45) is 11.8 Å². The van der Waals surface area contributed by atoms with Gasteiger partial charge in [0.15, 0.2) is 0 Å². The van der Waals surface area contributed by atoms with Crippen LogP contribution in [0.4, 0.5) is 5.69 Å². The fourth-order valence-corrected chi connectivity index (χ4v) is 7.72. The number of likely N-dealkylation sites (tertiary alicyclic amines) is 1. The predicted octanol–water partition coefficient (Wildman–Crippen LogP) is 4.39. The molecule has 2 aromatic rings. The summed E-state index contributed by atoms with van der Waals surface area (Å²) < 4.78 is 12.2. The third-order valence-corrected chi connectivity index (χ3v) is 9.49. The zero-order valence-electron chi connectivity index (χ0n) is 23.3. The number of aliphatic hydroxyl groups excluding tert-OH is 1. The summed E-state index contributed by atoms with van der Waals surface area (Å²) in [5.74, 6) is -2.92. The second-order valence-electron chi connectivity index (χ2n) is 11.2. The molecule has 1 spiro atoms. The number of nitrogens with zero attached hydrogens (tertiary/aromatic N) is 2. The second kappa shape index (κ2) is 12.1. The molecule has 3 aliphatic rings. The van der Waals surface area contributed by atoms with Gasteiger partial charge < -0.3 is 24.4 Å². The molecule has 3 unspecified atom stereocenters. The molecule has 3 heterocycles. The number of alkyl halides is 1. The monoisotopic (exact) mass is 624 g/mol. The number of rotatable bonds is 12. The predicted molar refractivity (Wildman–Crippen MR) is 161 cm³/mol. The molecule has 7 atom stereocenters. The van der Waals surface area contributed by atoms with E-state index in [0.717, 1.165) is 23.6 Å². The average Bonchev–Trinajstić information content (AvgIpc) is 3.58. The van der Waals surface area contributed by atoms with Gasteiger partial charge in [0.25, 0.3) is 5.91 Å². The first-order valence-corrected chi connectivity index (χ1v) is 15.1. The summed E-state index contributed by atoms with van der Waals surface area (Å²) in [5, 5.41) is 12.2. The zero-order valence-corrected chi connectivity index (χ0v) is 24.9. The number of allylic oxidation sites excluding steroid dienone is 1. The van der Waals surface area contributed by atoms with Gasteiger partial charge in [-0.15, -0.1) is 13.2 Å². The quantitative estimate of drug-likeness (QED) is 0.163. The maximum absolute atomic E-state index is 14.6. The van der Waals surface area contributed by atoms with E-state index < -0.39 is 41.6 Å². The highest BCUT2D eigenvalue weighted by atomic mass is 79.9. The standard InChI is InChI=1S/C32H37BrN2O6/c1-4-6-7-10-16-40-31(39)25-26-29(37)35(20(3)19-36)28(32(26)18-24(33)27(25)41-32)30(38)34(15-5-2)23-14-13-21-11-8-9-12-22(21)17-23/h4-5,8-9,11-14,17,20,24-28,36H,1-2,6-7,10,15-16,18-19H2,3H3/t20-,24?,25-,26+,27-,28?,32?/m1/s1. The third kappa shape index (κ3) is 5.02. The minimum Gasteiger partial charge on any atom is -0.465 e. The molecule has 5 rings (SSSR count). The normalized spacial score (nSPS) is 28.9. The molecule has 9 heteroatoms. The SMILES string of the molecule is C=CCCCCOC(=O)[C@H]1[C@@H]2OC3(CC2Br)C(C(=O)N(CC=C)c2ccc4ccccc4c2)N([C@H](C)CO)C(=O)[C@H]13. The van der Waals surface area contributed by atoms with Gasteiger partial charge in [-0.25, -0.2) is 0 Å². The first kappa shape index (κ1) is 29.5. The molecule has 0 radical (unpaired) electrons. The number of aliphatic hydroxyl groups is 1. The van der Waals surface area contributed by atoms with Gasteiger partial charge in [-0.1, -0.05) is 58.4 Å². The molecule has 1 N–H and O–H groups in total. The fraction of sp³-hybridized carbons (Fsp3) is 0.469. The largest absolute Gasteiger partial charge is 0.465 e. The summed E-state index contributed by atoms with van der Waals surface area (Å²) in [6.07, 6.45) is 5.61. The van der Waals surface area contributed by atoms with Crippen LogP contribution in [0, 0.1) is 11.8 Å². The highest BCUT2D eigenvalue weighted by molar-refractivity contribution is 9.09. The van der Waals surface area contributed by atoms with Crippen LogP contribution in [-0.4, -0.2) is 76.2 Å². The van der Waals surface area contributed by atoms with Gasteiger partial charge in [0.1, 0.15) is 11.6 Å². The topological polar surface area (TPSA) is 96.4 Å². The number of fused-ring (bicyclic) bond motifs is 2. The first-order chi connectivity index (χ1) is 19.8. The van der Waals surface area contributed by atoms with Crippen LogP contribution in [0.3, 0.4) is 0 Å². The molecule has 3 fully saturated rings. The van der Waals surface area contributed by atoms with Crippen molar-refractivity contribution in [1.29, 1.82) is 0 Å². The van der Waals surface area contributed by atoms with E-state index >= 15 is 0 Å². The maximum Gasteiger partial charge on any atom is 0.312 e. The number of hydrogen-bond donors (Lipinski definition) is 1. The molecular formula is C32H37BrN2O6. The van der Waals surface area contributed by atoms with Crippen LogP contribution in [0.25, 0.3) is 10.8 Å². The smallest absolute Gasteiger partial charge is 0.312 e. The Labute approximate surface area is 249 Å². The zero-order chi connectivity index (χ0) is 29.3. The number of ether oxygens (including phenoxy) is 2. The van der Waals surface area contributed by atoms with Crippen LogP contribution < -0.4 is 4.90 Å². The Morgan fingerprint density at radius 1 is 1.22 bits per heavy atom. The van der Waals surface area contributed by atoms with E-state index in [-0.39, 0.29) is 36.4 Å². The van der Waals surface area contributed by atoms with Crippen molar-refractivity contribution in [3.63, 3.8) is 0 Å². The van der Waals surface area contributed by atoms with Crippen molar-refractivity contribution in [3.8, 4) is 0 Å². The second-order valence-corrected chi connectivity index (χ2v) is 12.3. The van der Waals surface area contributed by atoms with Crippen molar-refractivity contribution < 1.29 is 29.0 Å². The Balaban J connectivity index is 1.51. The van der Waals surface area contributed by atoms with Gasteiger partial charge in [-0.3, -0.25) is 14.4 Å². The Morgan fingerprint density at radius 2 is 1.98 bits per heavy atom. The van der Waals surface area contributed by atoms with E-state index in [9.17, 15) is 19.5 Å². The Kier molecular flexibility index (Phi) is 8.68. The van der Waals surface area contributed by atoms with Crippen molar-refractivity contribution in [3.05, 3.63) is 67.8 Å². The van der Waals surface area contributed by atoms with E-state index in [1.54, 1.807) is 17.9 Å². The lowest BCUT2D eigenvalue weighted by molar-refractivity contribution is -0.155. The van der Waals surface area contributed by atoms with E-state index in [4.69, 9.17) is 9.47 Å². The number of esters is 1. The molecule has 3 aliphatic heterocycles. The molecule has 3 saturated heterocycles. The Morgan fingerprint density at radius 3 is 2.68 bits per heavy atom. The summed E-state index contributed by atoms with van der Waals surface area (Å²) in [6.45, 7) is 9.40. The first-order valence-electron chi connectivity index (χ1n) is 14.2. The summed E-state index contributed by atoms with van der Waals surface area (Å²) in [4.78, 5) is 45.0. The molecular weight excluding hydrogens is 588 g/mol. The van der Waals surface area contributed by atoms with E-state index in [1.165, 1.54) is 4.90 Å². The van der Waals surface area contributed by atoms with Gasteiger partial charge in [0, 0.05) is 17.1 Å². The lowest BCUT2D eigenvalue weighted by atomic mass is 9.70. The lowest BCUT2D eigenvalue weighted by Gasteiger charge is -2.38. The van der Waals surface area contributed by atoms with Crippen LogP contribution >= 0.6 is 15.9 Å². The number of halogens is 1. The highest BCUT2D eigenvalue weighted by Crippen LogP contribution is 2.60. The molecule has 8 nitrogen and oxygen atoms in total. The van der Waals surface area contributed by atoms with Gasteiger partial charge in [-0.2, -0.15) is 0 Å². The molecule has 0 aromatic heterocycles. The summed E-state index contributed by atoms with van der Waals surface area (Å²) in [5.41, 5.74) is -0.574. The number of carbonyl (C=O) groups excluding carboxylic acids is 3. The van der Waals surface area contributed by atoms with Crippen molar-refractivity contribution in [1.82, 2.24) is 4.90 Å². The maximum atomic E-state index is 14.6. The molecule has 2 bridgehead atoms. The minimum atomic E-state index is -1.24. The molecule has 41 heavy (non-hydrogen) atoms. The minimum absolute atomic E-state index is 0.210. The van der Waals surface area contributed by atoms with Crippen LogP contribution in [0.2, 0.25) is 0 Å². The number of hydrogen-bond acceptors (Lipinski definition) is 6. The molecule has 0 saturated carbocycles. The van der Waals surface area contributed by atoms with Crippen molar-refractivity contribution >= 4 is 50.2 Å². The van der Waals surface area contributed by atoms with Crippen LogP contribution in [0.15, 0.2) is 67.8 Å². The van der Waals surface area contributed by atoms with Gasteiger partial charge in [0.05, 0.1) is 37.2 Å². The van der Waals surface area contributed by atoms with Crippen LogP contribution in [-0.2, 0) is 23.9 Å². The van der Waals surface area contributed by atoms with E-state index in [0.29, 0.717) is 18.5 Å². The molecule has 218 valence electrons. The van der Waals surface area contributed by atoms with Crippen molar-refractivity contribution in [2.75, 3.05) is 24.7 Å². The number of amides is 2. The Hall–Kier alpha value is -3.01. The summed E-state index contributed by atoms with van der Waals surface area (Å²) >= 11 is 3.68. The average molecular weight is 626 g/mol. The highest BCUT2D eigenvalue weighted by Gasteiger charge is 2.77. The number of unbranched alkanes of at least 4 members (excludes halogenated alkanes) is 2. The molecule has 0 aliphatic carbocycles. The number of anilines is 1. The Bertz CT molecular complexity index is 1350. The van der Waals surface area contributed by atoms with Gasteiger partial charge in [-0.05, 0) is 55.5 Å². The number of benzene rings is 2. The third-order valence-electron chi connectivity index (χ3n) is 8.64. The number of carbonyl (C=O) groups is 3.